The van der Waals surface area contributed by atoms with Crippen molar-refractivity contribution in [3.63, 3.8) is 0 Å². The molecule has 0 bridgehead atoms. The quantitative estimate of drug-likeness (QED) is 0.304. The van der Waals surface area contributed by atoms with Crippen molar-refractivity contribution >= 4 is 57.9 Å². The van der Waals surface area contributed by atoms with E-state index in [1.807, 2.05) is 43.7 Å². The molecule has 40 heavy (non-hydrogen) atoms. The van der Waals surface area contributed by atoms with E-state index in [0.717, 1.165) is 22.5 Å². The fourth-order valence-electron chi connectivity index (χ4n) is 4.42. The number of aromatic nitrogens is 2. The van der Waals surface area contributed by atoms with Crippen LogP contribution in [0, 0.1) is 5.92 Å². The Kier molecular flexibility index (Phi) is 12.4. The minimum Gasteiger partial charge on any atom is -0.480 e. The molecule has 2 amide bonds. The molecule has 2 N–H and O–H groups in total. The van der Waals surface area contributed by atoms with Crippen LogP contribution < -0.4 is 10.2 Å². The highest BCUT2D eigenvalue weighted by molar-refractivity contribution is 6.18. The van der Waals surface area contributed by atoms with Gasteiger partial charge in [0.25, 0.3) is 0 Å². The van der Waals surface area contributed by atoms with Gasteiger partial charge in [-0.25, -0.2) is 14.6 Å². The van der Waals surface area contributed by atoms with Gasteiger partial charge in [-0.15, -0.1) is 23.2 Å². The van der Waals surface area contributed by atoms with Crippen molar-refractivity contribution in [3.8, 4) is 0 Å². The van der Waals surface area contributed by atoms with Crippen LogP contribution >= 0.6 is 23.2 Å². The van der Waals surface area contributed by atoms with Crippen molar-refractivity contribution in [2.24, 2.45) is 13.0 Å². The van der Waals surface area contributed by atoms with Gasteiger partial charge in [0.1, 0.15) is 23.5 Å². The third kappa shape index (κ3) is 9.44. The van der Waals surface area contributed by atoms with Gasteiger partial charge in [0, 0.05) is 51.1 Å². The number of amides is 2. The highest BCUT2D eigenvalue weighted by atomic mass is 35.5. The third-order valence-corrected chi connectivity index (χ3v) is 6.78. The highest BCUT2D eigenvalue weighted by Gasteiger charge is 2.33. The molecule has 0 aliphatic carbocycles. The number of carbonyl (C=O) groups excluding carboxylic acids is 2. The number of ether oxygens (including phenoxy) is 1. The first kappa shape index (κ1) is 33.5. The van der Waals surface area contributed by atoms with E-state index < -0.39 is 35.7 Å². The van der Waals surface area contributed by atoms with Gasteiger partial charge in [0.05, 0.1) is 11.0 Å². The minimum atomic E-state index is -1.12. The number of nitrogens with one attached hydrogen (secondary N) is 1. The summed E-state index contributed by atoms with van der Waals surface area (Å²) < 4.78 is 7.45. The Balaban J connectivity index is 2.34. The second-order valence-corrected chi connectivity index (χ2v) is 12.1. The van der Waals surface area contributed by atoms with Gasteiger partial charge in [0.15, 0.2) is 0 Å². The predicted molar refractivity (Wildman–Crippen MR) is 159 cm³/mol. The van der Waals surface area contributed by atoms with E-state index in [1.54, 1.807) is 20.8 Å². The number of hydrogen-bond acceptors (Lipinski definition) is 6. The second-order valence-electron chi connectivity index (χ2n) is 11.3. The van der Waals surface area contributed by atoms with Crippen LogP contribution in [-0.4, -0.2) is 87.1 Å². The van der Waals surface area contributed by atoms with Crippen LogP contribution in [0.2, 0.25) is 0 Å². The average molecular weight is 601 g/mol. The largest absolute Gasteiger partial charge is 0.480 e. The molecule has 2 unspecified atom stereocenters. The lowest BCUT2D eigenvalue weighted by atomic mass is 10.0. The number of carboxylic acids is 1. The van der Waals surface area contributed by atoms with Crippen LogP contribution in [0.5, 0.6) is 0 Å². The van der Waals surface area contributed by atoms with E-state index >= 15 is 0 Å². The van der Waals surface area contributed by atoms with Gasteiger partial charge in [0.2, 0.25) is 5.91 Å². The summed E-state index contributed by atoms with van der Waals surface area (Å²) in [7, 11) is 3.38. The first-order chi connectivity index (χ1) is 18.7. The lowest BCUT2D eigenvalue weighted by molar-refractivity contribution is -0.143. The van der Waals surface area contributed by atoms with E-state index in [0.29, 0.717) is 31.3 Å². The predicted octanol–water partition coefficient (Wildman–Crippen LogP) is 4.64. The number of fused-ring (bicyclic) bond motifs is 1. The molecule has 0 radical (unpaired) electrons. The number of benzene rings is 1. The van der Waals surface area contributed by atoms with Crippen LogP contribution in [0.4, 0.5) is 10.5 Å². The van der Waals surface area contributed by atoms with Gasteiger partial charge >= 0.3 is 12.1 Å². The summed E-state index contributed by atoms with van der Waals surface area (Å²) in [5, 5.41) is 12.3. The van der Waals surface area contributed by atoms with Crippen molar-refractivity contribution < 1.29 is 24.2 Å². The second kappa shape index (κ2) is 14.8. The van der Waals surface area contributed by atoms with Gasteiger partial charge in [-0.05, 0) is 57.7 Å². The maximum Gasteiger partial charge on any atom is 0.410 e. The van der Waals surface area contributed by atoms with E-state index in [1.165, 1.54) is 11.9 Å². The number of halogens is 2. The molecule has 224 valence electrons. The minimum absolute atomic E-state index is 0.0538. The molecule has 10 nitrogen and oxygen atoms in total. The number of hydrogen-bond donors (Lipinski definition) is 2. The normalized spacial score (nSPS) is 13.2. The smallest absolute Gasteiger partial charge is 0.410 e. The molecule has 2 rings (SSSR count). The summed E-state index contributed by atoms with van der Waals surface area (Å²) in [5.41, 5.74) is 1.90. The molecule has 0 aliphatic heterocycles. The van der Waals surface area contributed by atoms with Gasteiger partial charge in [-0.1, -0.05) is 13.8 Å². The zero-order valence-corrected chi connectivity index (χ0v) is 26.1. The van der Waals surface area contributed by atoms with Crippen molar-refractivity contribution in [1.82, 2.24) is 19.8 Å². The van der Waals surface area contributed by atoms with Gasteiger partial charge < -0.3 is 24.6 Å². The molecule has 0 aliphatic rings. The van der Waals surface area contributed by atoms with E-state index in [-0.39, 0.29) is 18.8 Å². The van der Waals surface area contributed by atoms with Crippen LogP contribution in [-0.2, 0) is 27.8 Å². The summed E-state index contributed by atoms with van der Waals surface area (Å²) in [4.78, 5) is 46.2. The molecule has 1 heterocycles. The lowest BCUT2D eigenvalue weighted by Gasteiger charge is -2.31. The number of likely N-dealkylation sites (N-methyl/N-ethyl adjacent to an activating group) is 1. The molecule has 0 spiro atoms. The Morgan fingerprint density at radius 2 is 1.77 bits per heavy atom. The SMILES string of the molecule is CC(C)CC(NC(=O)C(CCc1nc2cc(N(CCCl)CCCl)ccc2n1C)N(C)C(=O)OC(C)(C)C)C(=O)O. The number of alkyl halides is 2. The molecular weight excluding hydrogens is 557 g/mol. The standard InChI is InChI=1S/C28H43Cl2N5O5/c1-18(2)16-21(26(37)38)32-25(36)23(34(7)27(39)40-28(3,4)5)10-11-24-31-20-17-19(8-9-22(20)33(24)6)35(14-12-29)15-13-30/h8-9,17-18,21,23H,10-16H2,1-7H3,(H,32,36)(H,37,38). The highest BCUT2D eigenvalue weighted by Crippen LogP contribution is 2.24. The van der Waals surface area contributed by atoms with Crippen LogP contribution in [0.15, 0.2) is 18.2 Å². The number of nitrogens with zero attached hydrogens (tertiary/aromatic N) is 4. The molecule has 12 heteroatoms. The van der Waals surface area contributed by atoms with Crippen molar-refractivity contribution in [2.75, 3.05) is 36.8 Å². The number of imidazole rings is 1. The number of carbonyl (C=O) groups is 3. The monoisotopic (exact) mass is 599 g/mol. The zero-order chi connectivity index (χ0) is 30.2. The maximum absolute atomic E-state index is 13.4. The topological polar surface area (TPSA) is 117 Å². The zero-order valence-electron chi connectivity index (χ0n) is 24.5. The Morgan fingerprint density at radius 1 is 1.15 bits per heavy atom. The van der Waals surface area contributed by atoms with Gasteiger partial charge in [-0.3, -0.25) is 9.69 Å². The first-order valence-electron chi connectivity index (χ1n) is 13.5. The summed E-state index contributed by atoms with van der Waals surface area (Å²) >= 11 is 12.0. The van der Waals surface area contributed by atoms with E-state index in [2.05, 4.69) is 10.2 Å². The molecule has 1 aromatic heterocycles. The summed E-state index contributed by atoms with van der Waals surface area (Å²) in [6, 6.07) is 3.93. The number of rotatable bonds is 14. The number of carboxylic acid groups (broad SMARTS) is 1. The Bertz CT molecular complexity index is 1160. The number of aryl methyl sites for hydroxylation is 2. The number of anilines is 1. The third-order valence-electron chi connectivity index (χ3n) is 6.45. The van der Waals surface area contributed by atoms with E-state index in [4.69, 9.17) is 32.9 Å². The van der Waals surface area contributed by atoms with Crippen molar-refractivity contribution in [3.05, 3.63) is 24.0 Å². The van der Waals surface area contributed by atoms with Crippen molar-refractivity contribution in [2.45, 2.75) is 71.6 Å². The fourth-order valence-corrected chi connectivity index (χ4v) is 4.83. The molecular formula is C28H43Cl2N5O5. The molecule has 0 saturated heterocycles. The van der Waals surface area contributed by atoms with Crippen LogP contribution in [0.1, 0.15) is 53.3 Å². The van der Waals surface area contributed by atoms with Crippen LogP contribution in [0.3, 0.4) is 0 Å². The first-order valence-corrected chi connectivity index (χ1v) is 14.6. The Labute approximate surface area is 246 Å². The lowest BCUT2D eigenvalue weighted by Crippen LogP contribution is -2.53. The molecule has 2 aromatic rings. The molecule has 0 saturated carbocycles. The molecule has 2 atom stereocenters. The molecule has 0 fully saturated rings. The van der Waals surface area contributed by atoms with Gasteiger partial charge in [-0.2, -0.15) is 0 Å². The average Bonchev–Trinajstić information content (AvgIpc) is 3.16. The summed E-state index contributed by atoms with van der Waals surface area (Å²) in [6.45, 7) is 10.3. The Morgan fingerprint density at radius 3 is 2.30 bits per heavy atom. The maximum atomic E-state index is 13.4. The Hall–Kier alpha value is -2.72. The summed E-state index contributed by atoms with van der Waals surface area (Å²) in [5.74, 6) is 0.0387. The van der Waals surface area contributed by atoms with Crippen molar-refractivity contribution in [1.29, 1.82) is 0 Å². The summed E-state index contributed by atoms with van der Waals surface area (Å²) in [6.07, 6.45) is 0.170. The fraction of sp³-hybridized carbons (Fsp3) is 0.643. The molecule has 1 aromatic carbocycles. The number of aliphatic carboxylic acids is 1. The van der Waals surface area contributed by atoms with Crippen LogP contribution in [0.25, 0.3) is 11.0 Å². The van der Waals surface area contributed by atoms with E-state index in [9.17, 15) is 19.5 Å².